The molecule has 120 valence electrons. The Morgan fingerprint density at radius 1 is 1.05 bits per heavy atom. The summed E-state index contributed by atoms with van der Waals surface area (Å²) in [6.07, 6.45) is 0. The molecule has 3 nitrogen and oxygen atoms in total. The number of rotatable bonds is 10. The summed E-state index contributed by atoms with van der Waals surface area (Å²) in [6, 6.07) is 6.84. The third kappa shape index (κ3) is 7.07. The lowest BCUT2D eigenvalue weighted by Crippen LogP contribution is -2.27. The number of hydrogen-bond acceptors (Lipinski definition) is 3. The highest BCUT2D eigenvalue weighted by molar-refractivity contribution is 5.33. The van der Waals surface area contributed by atoms with Crippen LogP contribution in [-0.4, -0.2) is 33.0 Å². The molecule has 1 rings (SSSR count). The van der Waals surface area contributed by atoms with Crippen LogP contribution in [-0.2, 0) is 9.47 Å². The zero-order chi connectivity index (χ0) is 15.7. The van der Waals surface area contributed by atoms with Gasteiger partial charge in [-0.1, -0.05) is 44.5 Å². The SMILES string of the molecule is CCNC(COCCOCC(C)C)c1cc(C)ccc1C. The first-order chi connectivity index (χ1) is 10.0. The van der Waals surface area contributed by atoms with Gasteiger partial charge in [-0.3, -0.25) is 0 Å². The second kappa shape index (κ2) is 9.93. The van der Waals surface area contributed by atoms with Crippen molar-refractivity contribution in [2.24, 2.45) is 5.92 Å². The molecular formula is C18H31NO2. The fourth-order valence-electron chi connectivity index (χ4n) is 2.28. The van der Waals surface area contributed by atoms with Crippen LogP contribution in [0.2, 0.25) is 0 Å². The van der Waals surface area contributed by atoms with E-state index in [1.54, 1.807) is 0 Å². The Bertz CT molecular complexity index is 404. The van der Waals surface area contributed by atoms with Crippen molar-refractivity contribution in [3.05, 3.63) is 34.9 Å². The number of hydrogen-bond donors (Lipinski definition) is 1. The average Bonchev–Trinajstić information content (AvgIpc) is 2.44. The highest BCUT2D eigenvalue weighted by Crippen LogP contribution is 2.19. The zero-order valence-corrected chi connectivity index (χ0v) is 14.2. The first-order valence-electron chi connectivity index (χ1n) is 8.00. The topological polar surface area (TPSA) is 30.5 Å². The fraction of sp³-hybridized carbons (Fsp3) is 0.667. The summed E-state index contributed by atoms with van der Waals surface area (Å²) in [7, 11) is 0. The second-order valence-electron chi connectivity index (χ2n) is 6.01. The summed E-state index contributed by atoms with van der Waals surface area (Å²) < 4.78 is 11.3. The van der Waals surface area contributed by atoms with E-state index in [4.69, 9.17) is 9.47 Å². The van der Waals surface area contributed by atoms with E-state index in [0.29, 0.717) is 25.7 Å². The minimum atomic E-state index is 0.250. The monoisotopic (exact) mass is 293 g/mol. The van der Waals surface area contributed by atoms with Crippen molar-refractivity contribution in [2.75, 3.05) is 33.0 Å². The minimum absolute atomic E-state index is 0.250. The van der Waals surface area contributed by atoms with Gasteiger partial charge in [0.2, 0.25) is 0 Å². The Morgan fingerprint density at radius 2 is 1.71 bits per heavy atom. The van der Waals surface area contributed by atoms with Crippen molar-refractivity contribution in [3.8, 4) is 0 Å². The molecule has 0 bridgehead atoms. The zero-order valence-electron chi connectivity index (χ0n) is 14.2. The van der Waals surface area contributed by atoms with Crippen LogP contribution in [0.5, 0.6) is 0 Å². The standard InChI is InChI=1S/C18H31NO2/c1-6-19-18(13-21-10-9-20-12-14(2)3)17-11-15(4)7-8-16(17)5/h7-8,11,14,18-19H,6,9-10,12-13H2,1-5H3. The molecule has 0 aliphatic carbocycles. The lowest BCUT2D eigenvalue weighted by molar-refractivity contribution is 0.0303. The molecule has 21 heavy (non-hydrogen) atoms. The Hall–Kier alpha value is -0.900. The van der Waals surface area contributed by atoms with Gasteiger partial charge in [-0.15, -0.1) is 0 Å². The first kappa shape index (κ1) is 18.1. The van der Waals surface area contributed by atoms with Gasteiger partial charge in [0.05, 0.1) is 25.9 Å². The van der Waals surface area contributed by atoms with Gasteiger partial charge < -0.3 is 14.8 Å². The van der Waals surface area contributed by atoms with Crippen molar-refractivity contribution < 1.29 is 9.47 Å². The van der Waals surface area contributed by atoms with Gasteiger partial charge in [-0.05, 0) is 37.4 Å². The smallest absolute Gasteiger partial charge is 0.0701 e. The molecule has 0 aliphatic heterocycles. The maximum atomic E-state index is 5.79. The molecule has 0 fully saturated rings. The highest BCUT2D eigenvalue weighted by atomic mass is 16.5. The van der Waals surface area contributed by atoms with Crippen molar-refractivity contribution in [2.45, 2.75) is 40.7 Å². The molecule has 0 heterocycles. The van der Waals surface area contributed by atoms with E-state index in [0.717, 1.165) is 13.2 Å². The molecule has 0 radical (unpaired) electrons. The van der Waals surface area contributed by atoms with Gasteiger partial charge in [-0.2, -0.15) is 0 Å². The van der Waals surface area contributed by atoms with Crippen LogP contribution in [0.4, 0.5) is 0 Å². The van der Waals surface area contributed by atoms with E-state index in [2.05, 4.69) is 58.1 Å². The molecule has 0 aliphatic rings. The van der Waals surface area contributed by atoms with Gasteiger partial charge in [0.1, 0.15) is 0 Å². The van der Waals surface area contributed by atoms with E-state index < -0.39 is 0 Å². The van der Waals surface area contributed by atoms with Gasteiger partial charge >= 0.3 is 0 Å². The second-order valence-corrected chi connectivity index (χ2v) is 6.01. The summed E-state index contributed by atoms with van der Waals surface area (Å²) in [5.41, 5.74) is 3.94. The lowest BCUT2D eigenvalue weighted by atomic mass is 9.99. The van der Waals surface area contributed by atoms with E-state index in [1.165, 1.54) is 16.7 Å². The Labute approximate surface area is 130 Å². The van der Waals surface area contributed by atoms with Crippen molar-refractivity contribution in [1.29, 1.82) is 0 Å². The molecule has 0 aromatic heterocycles. The van der Waals surface area contributed by atoms with E-state index >= 15 is 0 Å². The number of nitrogens with one attached hydrogen (secondary N) is 1. The van der Waals surface area contributed by atoms with Crippen LogP contribution in [0.15, 0.2) is 18.2 Å². The van der Waals surface area contributed by atoms with Crippen molar-refractivity contribution in [3.63, 3.8) is 0 Å². The number of benzene rings is 1. The van der Waals surface area contributed by atoms with Crippen LogP contribution < -0.4 is 5.32 Å². The van der Waals surface area contributed by atoms with Crippen LogP contribution in [0.3, 0.4) is 0 Å². The molecule has 0 saturated carbocycles. The molecule has 3 heteroatoms. The fourth-order valence-corrected chi connectivity index (χ4v) is 2.28. The number of aryl methyl sites for hydroxylation is 2. The molecule has 1 N–H and O–H groups in total. The van der Waals surface area contributed by atoms with Crippen molar-refractivity contribution in [1.82, 2.24) is 5.32 Å². The molecular weight excluding hydrogens is 262 g/mol. The Balaban J connectivity index is 2.45. The summed E-state index contributed by atoms with van der Waals surface area (Å²) in [4.78, 5) is 0. The van der Waals surface area contributed by atoms with Gasteiger partial charge in [0, 0.05) is 6.61 Å². The summed E-state index contributed by atoms with van der Waals surface area (Å²) in [6.45, 7) is 14.5. The van der Waals surface area contributed by atoms with Gasteiger partial charge in [0.25, 0.3) is 0 Å². The predicted molar refractivity (Wildman–Crippen MR) is 88.8 cm³/mol. The summed E-state index contributed by atoms with van der Waals surface area (Å²) >= 11 is 0. The minimum Gasteiger partial charge on any atom is -0.379 e. The van der Waals surface area contributed by atoms with Gasteiger partial charge in [0.15, 0.2) is 0 Å². The molecule has 1 atom stereocenters. The predicted octanol–water partition coefficient (Wildman–Crippen LogP) is 3.64. The summed E-state index contributed by atoms with van der Waals surface area (Å²) in [5.74, 6) is 0.578. The van der Waals surface area contributed by atoms with Crippen LogP contribution >= 0.6 is 0 Å². The molecule has 1 aromatic carbocycles. The van der Waals surface area contributed by atoms with E-state index in [9.17, 15) is 0 Å². The first-order valence-corrected chi connectivity index (χ1v) is 8.00. The third-order valence-electron chi connectivity index (χ3n) is 3.37. The van der Waals surface area contributed by atoms with E-state index in [-0.39, 0.29) is 6.04 Å². The van der Waals surface area contributed by atoms with Crippen LogP contribution in [0, 0.1) is 19.8 Å². The average molecular weight is 293 g/mol. The molecule has 0 amide bonds. The molecule has 0 saturated heterocycles. The van der Waals surface area contributed by atoms with Gasteiger partial charge in [-0.25, -0.2) is 0 Å². The van der Waals surface area contributed by atoms with E-state index in [1.807, 2.05) is 0 Å². The third-order valence-corrected chi connectivity index (χ3v) is 3.37. The quantitative estimate of drug-likeness (QED) is 0.668. The maximum absolute atomic E-state index is 5.79. The van der Waals surface area contributed by atoms with Crippen molar-refractivity contribution >= 4 is 0 Å². The Kier molecular flexibility index (Phi) is 8.58. The lowest BCUT2D eigenvalue weighted by Gasteiger charge is -2.21. The molecule has 0 spiro atoms. The number of likely N-dealkylation sites (N-methyl/N-ethyl adjacent to an activating group) is 1. The highest BCUT2D eigenvalue weighted by Gasteiger charge is 2.13. The molecule has 1 aromatic rings. The largest absolute Gasteiger partial charge is 0.379 e. The Morgan fingerprint density at radius 3 is 2.33 bits per heavy atom. The number of ether oxygens (including phenoxy) is 2. The molecule has 1 unspecified atom stereocenters. The summed E-state index contributed by atoms with van der Waals surface area (Å²) in [5, 5.41) is 3.51. The van der Waals surface area contributed by atoms with Crippen LogP contribution in [0.1, 0.15) is 43.5 Å². The normalized spacial score (nSPS) is 12.9. The van der Waals surface area contributed by atoms with Crippen LogP contribution in [0.25, 0.3) is 0 Å². The maximum Gasteiger partial charge on any atom is 0.0701 e.